The minimum absolute atomic E-state index is 0.216. The van der Waals surface area contributed by atoms with E-state index in [-0.39, 0.29) is 16.7 Å². The minimum atomic E-state index is -4.02. The number of hydrogen-bond acceptors (Lipinski definition) is 6. The smallest absolute Gasteiger partial charge is 0.293 e. The van der Waals surface area contributed by atoms with Gasteiger partial charge in [-0.15, -0.1) is 0 Å². The number of nitrogens with one attached hydrogen (secondary N) is 1. The third-order valence-electron chi connectivity index (χ3n) is 3.52. The normalized spacial score (nSPS) is 19.8. The molecular weight excluding hydrogens is 312 g/mol. The SMILES string of the molecule is COc1ccc(S(=O)(=O)N[C@H](C)[C@H]2CCCO2)c([N+](=O)[O-])c1. The molecule has 0 aromatic heterocycles. The molecule has 1 aromatic rings. The first-order chi connectivity index (χ1) is 10.3. The molecule has 0 amide bonds. The van der Waals surface area contributed by atoms with Crippen molar-refractivity contribution in [1.82, 2.24) is 4.72 Å². The third kappa shape index (κ3) is 3.54. The van der Waals surface area contributed by atoms with Crippen molar-refractivity contribution in [3.8, 4) is 5.75 Å². The van der Waals surface area contributed by atoms with Crippen LogP contribution in [0.4, 0.5) is 5.69 Å². The Labute approximate surface area is 128 Å². The quantitative estimate of drug-likeness (QED) is 0.625. The van der Waals surface area contributed by atoms with Crippen LogP contribution in [0.5, 0.6) is 5.75 Å². The predicted molar refractivity (Wildman–Crippen MR) is 78.4 cm³/mol. The Morgan fingerprint density at radius 1 is 1.50 bits per heavy atom. The molecule has 1 heterocycles. The van der Waals surface area contributed by atoms with E-state index in [1.54, 1.807) is 6.92 Å². The van der Waals surface area contributed by atoms with Crippen LogP contribution in [0.15, 0.2) is 23.1 Å². The average Bonchev–Trinajstić information content (AvgIpc) is 3.00. The number of ether oxygens (including phenoxy) is 2. The summed E-state index contributed by atoms with van der Waals surface area (Å²) in [4.78, 5) is 9.98. The molecule has 0 aliphatic carbocycles. The molecule has 0 saturated carbocycles. The lowest BCUT2D eigenvalue weighted by molar-refractivity contribution is -0.387. The number of nitrogens with zero attached hydrogens (tertiary/aromatic N) is 1. The zero-order chi connectivity index (χ0) is 16.3. The van der Waals surface area contributed by atoms with Gasteiger partial charge in [0, 0.05) is 12.6 Å². The summed E-state index contributed by atoms with van der Waals surface area (Å²) in [5.74, 6) is 0.220. The fourth-order valence-corrected chi connectivity index (χ4v) is 3.80. The lowest BCUT2D eigenvalue weighted by Crippen LogP contribution is -2.40. The van der Waals surface area contributed by atoms with Crippen LogP contribution in [0, 0.1) is 10.1 Å². The Balaban J connectivity index is 2.30. The van der Waals surface area contributed by atoms with Gasteiger partial charge in [-0.3, -0.25) is 10.1 Å². The van der Waals surface area contributed by atoms with Gasteiger partial charge in [-0.05, 0) is 31.9 Å². The van der Waals surface area contributed by atoms with Crippen LogP contribution in [0.3, 0.4) is 0 Å². The summed E-state index contributed by atoms with van der Waals surface area (Å²) in [6.45, 7) is 2.28. The molecule has 1 aliphatic rings. The van der Waals surface area contributed by atoms with Crippen LogP contribution in [-0.2, 0) is 14.8 Å². The molecule has 0 radical (unpaired) electrons. The highest BCUT2D eigenvalue weighted by Gasteiger charge is 2.31. The van der Waals surface area contributed by atoms with Crippen LogP contribution in [-0.4, -0.2) is 39.2 Å². The Hall–Kier alpha value is -1.71. The number of nitro benzene ring substituents is 1. The standard InChI is InChI=1S/C13H18N2O6S/c1-9(12-4-3-7-21-12)14-22(18,19)13-6-5-10(20-2)8-11(13)15(16)17/h5-6,8-9,12,14H,3-4,7H2,1-2H3/t9-,12-/m1/s1. The van der Waals surface area contributed by atoms with E-state index in [0.717, 1.165) is 18.9 Å². The van der Waals surface area contributed by atoms with Gasteiger partial charge in [-0.25, -0.2) is 13.1 Å². The summed E-state index contributed by atoms with van der Waals surface area (Å²) in [6.07, 6.45) is 1.42. The summed E-state index contributed by atoms with van der Waals surface area (Å²) < 4.78 is 37.6. The highest BCUT2D eigenvalue weighted by atomic mass is 32.2. The van der Waals surface area contributed by atoms with E-state index < -0.39 is 26.7 Å². The Kier molecular flexibility index (Phi) is 4.99. The Morgan fingerprint density at radius 3 is 2.77 bits per heavy atom. The first-order valence-corrected chi connectivity index (χ1v) is 8.30. The second-order valence-corrected chi connectivity index (χ2v) is 6.73. The largest absolute Gasteiger partial charge is 0.497 e. The maximum Gasteiger partial charge on any atom is 0.293 e. The highest BCUT2D eigenvalue weighted by Crippen LogP contribution is 2.28. The summed E-state index contributed by atoms with van der Waals surface area (Å²) in [6, 6.07) is 3.17. The van der Waals surface area contributed by atoms with E-state index in [9.17, 15) is 18.5 Å². The molecular formula is C13H18N2O6S. The molecule has 2 atom stereocenters. The Morgan fingerprint density at radius 2 is 2.23 bits per heavy atom. The van der Waals surface area contributed by atoms with Gasteiger partial charge in [0.15, 0.2) is 4.90 Å². The molecule has 1 aromatic carbocycles. The molecule has 1 saturated heterocycles. The summed E-state index contributed by atoms with van der Waals surface area (Å²) in [5, 5.41) is 11.1. The fraction of sp³-hybridized carbons (Fsp3) is 0.538. The maximum atomic E-state index is 12.4. The monoisotopic (exact) mass is 330 g/mol. The molecule has 122 valence electrons. The lowest BCUT2D eigenvalue weighted by atomic mass is 10.1. The summed E-state index contributed by atoms with van der Waals surface area (Å²) >= 11 is 0. The van der Waals surface area contributed by atoms with Crippen molar-refractivity contribution in [2.24, 2.45) is 0 Å². The Bertz CT molecular complexity index is 654. The molecule has 1 aliphatic heterocycles. The van der Waals surface area contributed by atoms with Crippen molar-refractivity contribution in [1.29, 1.82) is 0 Å². The van der Waals surface area contributed by atoms with Crippen LogP contribution in [0.25, 0.3) is 0 Å². The number of hydrogen-bond donors (Lipinski definition) is 1. The average molecular weight is 330 g/mol. The second-order valence-electron chi connectivity index (χ2n) is 5.05. The topological polar surface area (TPSA) is 108 Å². The van der Waals surface area contributed by atoms with E-state index in [4.69, 9.17) is 9.47 Å². The van der Waals surface area contributed by atoms with Gasteiger partial charge in [0.05, 0.1) is 24.2 Å². The third-order valence-corrected chi connectivity index (χ3v) is 5.12. The molecule has 22 heavy (non-hydrogen) atoms. The van der Waals surface area contributed by atoms with Crippen molar-refractivity contribution in [3.05, 3.63) is 28.3 Å². The van der Waals surface area contributed by atoms with Crippen molar-refractivity contribution < 1.29 is 22.8 Å². The lowest BCUT2D eigenvalue weighted by Gasteiger charge is -2.20. The van der Waals surface area contributed by atoms with Crippen molar-refractivity contribution in [2.75, 3.05) is 13.7 Å². The van der Waals surface area contributed by atoms with Crippen molar-refractivity contribution in [3.63, 3.8) is 0 Å². The van der Waals surface area contributed by atoms with E-state index in [1.165, 1.54) is 19.2 Å². The minimum Gasteiger partial charge on any atom is -0.497 e. The van der Waals surface area contributed by atoms with Gasteiger partial charge in [-0.1, -0.05) is 0 Å². The second kappa shape index (κ2) is 6.59. The fourth-order valence-electron chi connectivity index (χ4n) is 2.38. The van der Waals surface area contributed by atoms with Crippen LogP contribution >= 0.6 is 0 Å². The zero-order valence-corrected chi connectivity index (χ0v) is 13.1. The molecule has 9 heteroatoms. The van der Waals surface area contributed by atoms with Crippen LogP contribution < -0.4 is 9.46 Å². The van der Waals surface area contributed by atoms with E-state index in [0.29, 0.717) is 6.61 Å². The van der Waals surface area contributed by atoms with Crippen LogP contribution in [0.1, 0.15) is 19.8 Å². The molecule has 1 N–H and O–H groups in total. The predicted octanol–water partition coefficient (Wildman–Crippen LogP) is 1.45. The van der Waals surface area contributed by atoms with Crippen LogP contribution in [0.2, 0.25) is 0 Å². The molecule has 2 rings (SSSR count). The van der Waals surface area contributed by atoms with Gasteiger partial charge >= 0.3 is 0 Å². The number of methoxy groups -OCH3 is 1. The van der Waals surface area contributed by atoms with Crippen molar-refractivity contribution in [2.45, 2.75) is 36.8 Å². The first kappa shape index (κ1) is 16.7. The first-order valence-electron chi connectivity index (χ1n) is 6.81. The van der Waals surface area contributed by atoms with Crippen molar-refractivity contribution >= 4 is 15.7 Å². The summed E-state index contributed by atoms with van der Waals surface area (Å²) in [7, 11) is -2.67. The molecule has 0 spiro atoms. The molecule has 1 fully saturated rings. The van der Waals surface area contributed by atoms with E-state index in [2.05, 4.69) is 4.72 Å². The molecule has 0 unspecified atom stereocenters. The number of nitro groups is 1. The van der Waals surface area contributed by atoms with Gasteiger partial charge in [0.2, 0.25) is 10.0 Å². The summed E-state index contributed by atoms with van der Waals surface area (Å²) in [5.41, 5.74) is -0.522. The number of rotatable bonds is 6. The van der Waals surface area contributed by atoms with Gasteiger partial charge in [-0.2, -0.15) is 0 Å². The van der Waals surface area contributed by atoms with E-state index in [1.807, 2.05) is 0 Å². The van der Waals surface area contributed by atoms with Gasteiger partial charge < -0.3 is 9.47 Å². The van der Waals surface area contributed by atoms with Gasteiger partial charge in [0.1, 0.15) is 5.75 Å². The molecule has 0 bridgehead atoms. The zero-order valence-electron chi connectivity index (χ0n) is 12.3. The van der Waals surface area contributed by atoms with E-state index >= 15 is 0 Å². The molecule has 8 nitrogen and oxygen atoms in total. The highest BCUT2D eigenvalue weighted by molar-refractivity contribution is 7.89. The number of benzene rings is 1. The number of sulfonamides is 1. The van der Waals surface area contributed by atoms with Gasteiger partial charge in [0.25, 0.3) is 5.69 Å². The maximum absolute atomic E-state index is 12.4.